The normalized spacial score (nSPS) is 23.1. The zero-order valence-corrected chi connectivity index (χ0v) is 14.4. The zero-order chi connectivity index (χ0) is 16.9. The average molecular weight is 321 g/mol. The van der Waals surface area contributed by atoms with Crippen molar-refractivity contribution < 1.29 is 9.84 Å². The number of aliphatic hydroxyl groups excluding tert-OH is 1. The summed E-state index contributed by atoms with van der Waals surface area (Å²) in [6.07, 6.45) is 4.31. The molecule has 0 amide bonds. The van der Waals surface area contributed by atoms with Crippen LogP contribution in [0.3, 0.4) is 0 Å². The fourth-order valence-corrected chi connectivity index (χ4v) is 4.11. The molecule has 1 atom stereocenters. The van der Waals surface area contributed by atoms with Gasteiger partial charge >= 0.3 is 0 Å². The van der Waals surface area contributed by atoms with Gasteiger partial charge in [0.05, 0.1) is 12.0 Å². The second-order valence-electron chi connectivity index (χ2n) is 7.19. The van der Waals surface area contributed by atoms with Gasteiger partial charge in [-0.25, -0.2) is 0 Å². The van der Waals surface area contributed by atoms with Crippen LogP contribution >= 0.6 is 0 Å². The minimum atomic E-state index is -0.623. The van der Waals surface area contributed by atoms with Gasteiger partial charge in [0.1, 0.15) is 5.75 Å². The molecule has 3 heteroatoms. The van der Waals surface area contributed by atoms with Gasteiger partial charge in [0.25, 0.3) is 0 Å². The number of para-hydroxylation sites is 1. The minimum Gasteiger partial charge on any atom is -0.463 e. The summed E-state index contributed by atoms with van der Waals surface area (Å²) in [7, 11) is 0. The number of fused-ring (bicyclic) bond motifs is 2. The Morgan fingerprint density at radius 2 is 1.92 bits per heavy atom. The Hall–Kier alpha value is -2.26. The van der Waals surface area contributed by atoms with Gasteiger partial charge in [-0.1, -0.05) is 29.8 Å². The molecule has 2 aromatic carbocycles. The summed E-state index contributed by atoms with van der Waals surface area (Å²) >= 11 is 0. The molecule has 0 saturated heterocycles. The monoisotopic (exact) mass is 321 g/mol. The molecular weight excluding hydrogens is 298 g/mol. The molecule has 2 aromatic rings. The first kappa shape index (κ1) is 15.3. The standard InChI is InChI=1S/C21H23NO2/c1-15-8-9-19-16(14-15)10-11-21(24-19)20(2,3)17-6-4-5-7-18(17)22(21)12-13-23/h4-11,14,23H,12-13H2,1-3H3/t21-/m1/s1. The maximum Gasteiger partial charge on any atom is 0.212 e. The third-order valence-electron chi connectivity index (χ3n) is 5.41. The van der Waals surface area contributed by atoms with Gasteiger partial charge in [-0.05, 0) is 56.7 Å². The molecule has 24 heavy (non-hydrogen) atoms. The van der Waals surface area contributed by atoms with E-state index in [1.54, 1.807) is 0 Å². The Bertz CT molecular complexity index is 824. The van der Waals surface area contributed by atoms with Gasteiger partial charge in [-0.2, -0.15) is 0 Å². The van der Waals surface area contributed by atoms with Crippen molar-refractivity contribution >= 4 is 11.8 Å². The average Bonchev–Trinajstić information content (AvgIpc) is 2.75. The highest BCUT2D eigenvalue weighted by molar-refractivity contribution is 5.72. The Morgan fingerprint density at radius 1 is 1.12 bits per heavy atom. The molecular formula is C21H23NO2. The molecule has 0 unspecified atom stereocenters. The van der Waals surface area contributed by atoms with Crippen LogP contribution in [0.2, 0.25) is 0 Å². The molecule has 2 aliphatic rings. The van der Waals surface area contributed by atoms with Crippen molar-refractivity contribution in [3.63, 3.8) is 0 Å². The van der Waals surface area contributed by atoms with Crippen LogP contribution in [0.4, 0.5) is 5.69 Å². The first-order valence-corrected chi connectivity index (χ1v) is 8.46. The largest absolute Gasteiger partial charge is 0.463 e. The van der Waals surface area contributed by atoms with Crippen molar-refractivity contribution in [2.45, 2.75) is 31.9 Å². The SMILES string of the molecule is Cc1ccc2c(c1)C=C[C@]1(O2)N(CCO)c2ccccc2C1(C)C. The molecule has 2 heterocycles. The number of rotatable bonds is 2. The van der Waals surface area contributed by atoms with E-state index in [4.69, 9.17) is 4.74 Å². The van der Waals surface area contributed by atoms with E-state index in [2.05, 4.69) is 68.2 Å². The second kappa shape index (κ2) is 5.12. The molecule has 4 rings (SSSR count). The van der Waals surface area contributed by atoms with Crippen LogP contribution in [0.5, 0.6) is 5.75 Å². The molecule has 0 saturated carbocycles. The van der Waals surface area contributed by atoms with Crippen LogP contribution in [0, 0.1) is 6.92 Å². The number of aliphatic hydroxyl groups is 1. The van der Waals surface area contributed by atoms with Gasteiger partial charge in [0, 0.05) is 17.8 Å². The lowest BCUT2D eigenvalue weighted by molar-refractivity contribution is 0.0504. The first-order chi connectivity index (χ1) is 11.5. The Labute approximate surface area is 143 Å². The highest BCUT2D eigenvalue weighted by Gasteiger charge is 2.58. The van der Waals surface area contributed by atoms with Crippen LogP contribution in [0.15, 0.2) is 48.5 Å². The van der Waals surface area contributed by atoms with Crippen molar-refractivity contribution in [2.75, 3.05) is 18.1 Å². The van der Waals surface area contributed by atoms with E-state index in [1.165, 1.54) is 11.1 Å². The summed E-state index contributed by atoms with van der Waals surface area (Å²) in [5.41, 5.74) is 3.85. The van der Waals surface area contributed by atoms with Crippen molar-refractivity contribution in [2.24, 2.45) is 0 Å². The molecule has 1 N–H and O–H groups in total. The van der Waals surface area contributed by atoms with Gasteiger partial charge in [-0.3, -0.25) is 0 Å². The van der Waals surface area contributed by atoms with Crippen LogP contribution in [-0.2, 0) is 5.41 Å². The third-order valence-corrected chi connectivity index (χ3v) is 5.41. The number of β-amino-alcohol motifs (C(OH)–C–C–N with tert-alkyl or cyclic N) is 1. The maximum atomic E-state index is 9.65. The third kappa shape index (κ3) is 1.88. The zero-order valence-electron chi connectivity index (χ0n) is 14.4. The highest BCUT2D eigenvalue weighted by Crippen LogP contribution is 2.54. The molecule has 0 bridgehead atoms. The predicted molar refractivity (Wildman–Crippen MR) is 97.5 cm³/mol. The molecule has 0 aromatic heterocycles. The van der Waals surface area contributed by atoms with Crippen LogP contribution < -0.4 is 9.64 Å². The molecule has 0 aliphatic carbocycles. The number of nitrogens with zero attached hydrogens (tertiary/aromatic N) is 1. The fourth-order valence-electron chi connectivity index (χ4n) is 4.11. The number of anilines is 1. The van der Waals surface area contributed by atoms with Crippen LogP contribution in [0.1, 0.15) is 30.5 Å². The number of hydrogen-bond donors (Lipinski definition) is 1. The summed E-state index contributed by atoms with van der Waals surface area (Å²) in [6, 6.07) is 14.7. The van der Waals surface area contributed by atoms with Crippen molar-refractivity contribution in [1.82, 2.24) is 0 Å². The van der Waals surface area contributed by atoms with E-state index >= 15 is 0 Å². The number of aryl methyl sites for hydroxylation is 1. The summed E-state index contributed by atoms with van der Waals surface area (Å²) in [5.74, 6) is 0.895. The van der Waals surface area contributed by atoms with Gasteiger partial charge < -0.3 is 14.7 Å². The number of benzene rings is 2. The summed E-state index contributed by atoms with van der Waals surface area (Å²) in [6.45, 7) is 7.14. The summed E-state index contributed by atoms with van der Waals surface area (Å²) in [5, 5.41) is 9.65. The quantitative estimate of drug-likeness (QED) is 0.911. The fraction of sp³-hybridized carbons (Fsp3) is 0.333. The lowest BCUT2D eigenvalue weighted by Crippen LogP contribution is -2.60. The molecule has 1 spiro atoms. The van der Waals surface area contributed by atoms with E-state index in [9.17, 15) is 5.11 Å². The Morgan fingerprint density at radius 3 is 2.71 bits per heavy atom. The van der Waals surface area contributed by atoms with Gasteiger partial charge in [0.15, 0.2) is 0 Å². The first-order valence-electron chi connectivity index (χ1n) is 8.46. The number of ether oxygens (including phenoxy) is 1. The maximum absolute atomic E-state index is 9.65. The molecule has 3 nitrogen and oxygen atoms in total. The van der Waals surface area contributed by atoms with Gasteiger partial charge in [-0.15, -0.1) is 0 Å². The van der Waals surface area contributed by atoms with E-state index in [1.807, 2.05) is 12.1 Å². The molecule has 124 valence electrons. The summed E-state index contributed by atoms with van der Waals surface area (Å²) in [4.78, 5) is 2.20. The minimum absolute atomic E-state index is 0.0874. The predicted octanol–water partition coefficient (Wildman–Crippen LogP) is 3.89. The van der Waals surface area contributed by atoms with E-state index in [0.29, 0.717) is 6.54 Å². The Kier molecular flexibility index (Phi) is 3.26. The smallest absolute Gasteiger partial charge is 0.212 e. The topological polar surface area (TPSA) is 32.7 Å². The molecule has 0 fully saturated rings. The van der Waals surface area contributed by atoms with E-state index < -0.39 is 5.72 Å². The van der Waals surface area contributed by atoms with Crippen LogP contribution in [0.25, 0.3) is 6.08 Å². The van der Waals surface area contributed by atoms with Crippen molar-refractivity contribution in [3.05, 3.63) is 65.2 Å². The van der Waals surface area contributed by atoms with E-state index in [0.717, 1.165) is 17.0 Å². The molecule has 0 radical (unpaired) electrons. The summed E-state index contributed by atoms with van der Waals surface area (Å²) < 4.78 is 6.63. The lowest BCUT2D eigenvalue weighted by Gasteiger charge is -2.47. The number of hydrogen-bond acceptors (Lipinski definition) is 3. The lowest BCUT2D eigenvalue weighted by atomic mass is 9.76. The van der Waals surface area contributed by atoms with Crippen LogP contribution in [-0.4, -0.2) is 24.0 Å². The second-order valence-corrected chi connectivity index (χ2v) is 7.19. The highest BCUT2D eigenvalue weighted by atomic mass is 16.5. The Balaban J connectivity index is 1.90. The van der Waals surface area contributed by atoms with Crippen molar-refractivity contribution in [1.29, 1.82) is 0 Å². The van der Waals surface area contributed by atoms with Gasteiger partial charge in [0.2, 0.25) is 5.72 Å². The van der Waals surface area contributed by atoms with Crippen molar-refractivity contribution in [3.8, 4) is 5.75 Å². The van der Waals surface area contributed by atoms with E-state index in [-0.39, 0.29) is 12.0 Å². The molecule has 2 aliphatic heterocycles.